The summed E-state index contributed by atoms with van der Waals surface area (Å²) in [6.45, 7) is 10.3. The first-order chi connectivity index (χ1) is 7.17. The lowest BCUT2D eigenvalue weighted by atomic mass is 10.2. The minimum absolute atomic E-state index is 0.481. The molecular formula is C12H20N2O. The van der Waals surface area contributed by atoms with Gasteiger partial charge in [-0.1, -0.05) is 6.08 Å². The third kappa shape index (κ3) is 3.53. The Hall–Kier alpha value is -1.06. The van der Waals surface area contributed by atoms with Gasteiger partial charge in [0, 0.05) is 24.7 Å². The van der Waals surface area contributed by atoms with Crippen molar-refractivity contribution in [3.05, 3.63) is 36.3 Å². The zero-order valence-corrected chi connectivity index (χ0v) is 9.57. The first kappa shape index (κ1) is 12.0. The first-order valence-corrected chi connectivity index (χ1v) is 5.28. The molecule has 3 heteroatoms. The molecule has 0 aliphatic heterocycles. The van der Waals surface area contributed by atoms with Crippen LogP contribution in [-0.2, 0) is 13.1 Å². The van der Waals surface area contributed by atoms with E-state index in [0.717, 1.165) is 24.4 Å². The second-order valence-corrected chi connectivity index (χ2v) is 3.94. The molecule has 3 nitrogen and oxygen atoms in total. The van der Waals surface area contributed by atoms with E-state index >= 15 is 0 Å². The van der Waals surface area contributed by atoms with Crippen molar-refractivity contribution < 1.29 is 4.42 Å². The van der Waals surface area contributed by atoms with Crippen molar-refractivity contribution in [1.82, 2.24) is 4.90 Å². The lowest BCUT2D eigenvalue weighted by Crippen LogP contribution is -2.30. The van der Waals surface area contributed by atoms with Crippen molar-refractivity contribution in [3.63, 3.8) is 0 Å². The number of nitrogens with zero attached hydrogens (tertiary/aromatic N) is 1. The van der Waals surface area contributed by atoms with Crippen LogP contribution in [0.15, 0.2) is 29.4 Å². The van der Waals surface area contributed by atoms with Gasteiger partial charge in [0.1, 0.15) is 5.76 Å². The highest BCUT2D eigenvalue weighted by molar-refractivity contribution is 5.12. The molecule has 0 fully saturated rings. The Balaban J connectivity index is 2.60. The molecule has 0 unspecified atom stereocenters. The fourth-order valence-corrected chi connectivity index (χ4v) is 1.44. The number of hydrogen-bond acceptors (Lipinski definition) is 3. The average molecular weight is 208 g/mol. The van der Waals surface area contributed by atoms with Gasteiger partial charge in [-0.2, -0.15) is 0 Å². The summed E-state index contributed by atoms with van der Waals surface area (Å²) < 4.78 is 5.43. The maximum Gasteiger partial charge on any atom is 0.118 e. The highest BCUT2D eigenvalue weighted by atomic mass is 16.3. The Bertz CT molecular complexity index is 304. The quantitative estimate of drug-likeness (QED) is 0.728. The number of furan rings is 1. The largest absolute Gasteiger partial charge is 0.468 e. The van der Waals surface area contributed by atoms with Crippen LogP contribution in [0.4, 0.5) is 0 Å². The van der Waals surface area contributed by atoms with Crippen LogP contribution in [0.2, 0.25) is 0 Å². The highest BCUT2D eigenvalue weighted by Gasteiger charge is 2.10. The molecule has 0 radical (unpaired) electrons. The summed E-state index contributed by atoms with van der Waals surface area (Å²) in [7, 11) is 0. The lowest BCUT2D eigenvalue weighted by molar-refractivity contribution is 0.218. The van der Waals surface area contributed by atoms with Crippen molar-refractivity contribution in [3.8, 4) is 0 Å². The SMILES string of the molecule is C=CCN(Cc1cc(CN)co1)C(C)C. The Morgan fingerprint density at radius 3 is 2.80 bits per heavy atom. The molecule has 0 saturated carbocycles. The van der Waals surface area contributed by atoms with E-state index in [-0.39, 0.29) is 0 Å². The standard InChI is InChI=1S/C12H20N2O/c1-4-5-14(10(2)3)8-12-6-11(7-13)9-15-12/h4,6,9-10H,1,5,7-8,13H2,2-3H3. The van der Waals surface area contributed by atoms with Crippen molar-refractivity contribution in [2.45, 2.75) is 33.0 Å². The maximum absolute atomic E-state index is 5.52. The van der Waals surface area contributed by atoms with Gasteiger partial charge in [0.25, 0.3) is 0 Å². The van der Waals surface area contributed by atoms with Gasteiger partial charge in [-0.15, -0.1) is 6.58 Å². The van der Waals surface area contributed by atoms with Crippen LogP contribution in [-0.4, -0.2) is 17.5 Å². The Kier molecular flexibility index (Phi) is 4.59. The van der Waals surface area contributed by atoms with E-state index in [2.05, 4.69) is 25.3 Å². The van der Waals surface area contributed by atoms with Gasteiger partial charge in [0.05, 0.1) is 12.8 Å². The van der Waals surface area contributed by atoms with Crippen LogP contribution in [0, 0.1) is 0 Å². The zero-order valence-electron chi connectivity index (χ0n) is 9.57. The van der Waals surface area contributed by atoms with Gasteiger partial charge in [-0.25, -0.2) is 0 Å². The molecule has 0 saturated heterocycles. The van der Waals surface area contributed by atoms with Crippen LogP contribution in [0.25, 0.3) is 0 Å². The van der Waals surface area contributed by atoms with E-state index in [1.54, 1.807) is 6.26 Å². The van der Waals surface area contributed by atoms with E-state index in [9.17, 15) is 0 Å². The normalized spacial score (nSPS) is 11.3. The van der Waals surface area contributed by atoms with E-state index in [1.165, 1.54) is 0 Å². The Morgan fingerprint density at radius 2 is 2.33 bits per heavy atom. The molecular weight excluding hydrogens is 188 g/mol. The van der Waals surface area contributed by atoms with Gasteiger partial charge < -0.3 is 10.2 Å². The Morgan fingerprint density at radius 1 is 1.60 bits per heavy atom. The molecule has 1 aromatic heterocycles. The van der Waals surface area contributed by atoms with Crippen molar-refractivity contribution >= 4 is 0 Å². The van der Waals surface area contributed by atoms with E-state index < -0.39 is 0 Å². The van der Waals surface area contributed by atoms with E-state index in [1.807, 2.05) is 12.1 Å². The number of hydrogen-bond donors (Lipinski definition) is 1. The van der Waals surface area contributed by atoms with Gasteiger partial charge in [-0.3, -0.25) is 4.90 Å². The summed E-state index contributed by atoms with van der Waals surface area (Å²) in [6.07, 6.45) is 3.63. The third-order valence-corrected chi connectivity index (χ3v) is 2.40. The zero-order chi connectivity index (χ0) is 11.3. The molecule has 0 aromatic carbocycles. The van der Waals surface area contributed by atoms with Crippen LogP contribution in [0.3, 0.4) is 0 Å². The predicted octanol–water partition coefficient (Wildman–Crippen LogP) is 2.13. The van der Waals surface area contributed by atoms with Crippen LogP contribution in [0.1, 0.15) is 25.2 Å². The Labute approximate surface area is 91.6 Å². The molecule has 0 amide bonds. The number of nitrogens with two attached hydrogens (primary N) is 1. The summed E-state index contributed by atoms with van der Waals surface area (Å²) in [5.41, 5.74) is 6.57. The molecule has 1 rings (SSSR count). The molecule has 84 valence electrons. The second kappa shape index (κ2) is 5.73. The molecule has 0 aliphatic carbocycles. The maximum atomic E-state index is 5.52. The highest BCUT2D eigenvalue weighted by Crippen LogP contribution is 2.12. The summed E-state index contributed by atoms with van der Waals surface area (Å²) in [5, 5.41) is 0. The molecule has 0 bridgehead atoms. The van der Waals surface area contributed by atoms with Crippen LogP contribution < -0.4 is 5.73 Å². The second-order valence-electron chi connectivity index (χ2n) is 3.94. The summed E-state index contributed by atoms with van der Waals surface area (Å²) >= 11 is 0. The van der Waals surface area contributed by atoms with Crippen molar-refractivity contribution in [1.29, 1.82) is 0 Å². The minimum Gasteiger partial charge on any atom is -0.468 e. The number of rotatable bonds is 6. The molecule has 2 N–H and O–H groups in total. The lowest BCUT2D eigenvalue weighted by Gasteiger charge is -2.23. The molecule has 15 heavy (non-hydrogen) atoms. The van der Waals surface area contributed by atoms with E-state index in [0.29, 0.717) is 12.6 Å². The third-order valence-electron chi connectivity index (χ3n) is 2.40. The minimum atomic E-state index is 0.481. The molecule has 0 aliphatic rings. The van der Waals surface area contributed by atoms with Gasteiger partial charge in [0.2, 0.25) is 0 Å². The monoisotopic (exact) mass is 208 g/mol. The summed E-state index contributed by atoms with van der Waals surface area (Å²) in [6, 6.07) is 2.49. The fraction of sp³-hybridized carbons (Fsp3) is 0.500. The van der Waals surface area contributed by atoms with Crippen molar-refractivity contribution in [2.24, 2.45) is 5.73 Å². The topological polar surface area (TPSA) is 42.4 Å². The average Bonchev–Trinajstić information content (AvgIpc) is 2.65. The van der Waals surface area contributed by atoms with Crippen LogP contribution in [0.5, 0.6) is 0 Å². The fourth-order valence-electron chi connectivity index (χ4n) is 1.44. The summed E-state index contributed by atoms with van der Waals surface area (Å²) in [5.74, 6) is 0.964. The van der Waals surface area contributed by atoms with E-state index in [4.69, 9.17) is 10.2 Å². The smallest absolute Gasteiger partial charge is 0.118 e. The van der Waals surface area contributed by atoms with Crippen LogP contribution >= 0.6 is 0 Å². The predicted molar refractivity (Wildman–Crippen MR) is 62.3 cm³/mol. The summed E-state index contributed by atoms with van der Waals surface area (Å²) in [4.78, 5) is 2.28. The molecule has 0 spiro atoms. The first-order valence-electron chi connectivity index (χ1n) is 5.28. The molecule has 0 atom stereocenters. The molecule has 1 aromatic rings. The van der Waals surface area contributed by atoms with Crippen molar-refractivity contribution in [2.75, 3.05) is 6.54 Å². The molecule has 1 heterocycles. The van der Waals surface area contributed by atoms with Gasteiger partial charge >= 0.3 is 0 Å². The van der Waals surface area contributed by atoms with Gasteiger partial charge in [-0.05, 0) is 19.9 Å². The van der Waals surface area contributed by atoms with Gasteiger partial charge in [0.15, 0.2) is 0 Å².